The third kappa shape index (κ3) is 20.3. The normalized spacial score (nSPS) is 11.7. The van der Waals surface area contributed by atoms with Gasteiger partial charge in [0.15, 0.2) is 0 Å². The van der Waals surface area contributed by atoms with E-state index in [-0.39, 0.29) is 12.6 Å². The third-order valence-electron chi connectivity index (χ3n) is 3.88. The van der Waals surface area contributed by atoms with Crippen molar-refractivity contribution in [2.45, 2.75) is 101 Å². The lowest BCUT2D eigenvalue weighted by Gasteiger charge is -2.11. The molecule has 0 heterocycles. The van der Waals surface area contributed by atoms with Crippen LogP contribution in [0.3, 0.4) is 0 Å². The van der Waals surface area contributed by atoms with E-state index in [2.05, 4.69) is 6.92 Å². The maximum absolute atomic E-state index is 11.4. The van der Waals surface area contributed by atoms with Gasteiger partial charge in [0.2, 0.25) is 3.79 Å². The van der Waals surface area contributed by atoms with Gasteiger partial charge in [0.05, 0.1) is 0 Å². The standard InChI is InChI=1S/C18H33Cl3O2/c1-2-3-4-5-6-7-8-9-10-11-12-13-14-15-17(22)23-16-18(19,20)21/h2-16H2,1H3. The van der Waals surface area contributed by atoms with E-state index in [1.807, 2.05) is 0 Å². The molecule has 0 amide bonds. The van der Waals surface area contributed by atoms with Gasteiger partial charge >= 0.3 is 5.97 Å². The number of ether oxygens (including phenoxy) is 1. The number of rotatable bonds is 15. The summed E-state index contributed by atoms with van der Waals surface area (Å²) < 4.78 is 3.37. The molecule has 0 radical (unpaired) electrons. The van der Waals surface area contributed by atoms with Gasteiger partial charge in [0, 0.05) is 6.42 Å². The van der Waals surface area contributed by atoms with E-state index in [9.17, 15) is 4.79 Å². The van der Waals surface area contributed by atoms with Gasteiger partial charge in [0.25, 0.3) is 0 Å². The highest BCUT2D eigenvalue weighted by Crippen LogP contribution is 2.26. The van der Waals surface area contributed by atoms with Crippen LogP contribution in [-0.4, -0.2) is 16.4 Å². The first-order valence-electron chi connectivity index (χ1n) is 9.18. The smallest absolute Gasteiger partial charge is 0.305 e. The number of alkyl halides is 3. The van der Waals surface area contributed by atoms with Gasteiger partial charge in [-0.3, -0.25) is 4.79 Å². The number of carbonyl (C=O) groups is 1. The second-order valence-electron chi connectivity index (χ2n) is 6.27. The van der Waals surface area contributed by atoms with E-state index in [4.69, 9.17) is 39.5 Å². The minimum atomic E-state index is -1.51. The van der Waals surface area contributed by atoms with Gasteiger partial charge in [0.1, 0.15) is 6.61 Å². The van der Waals surface area contributed by atoms with Crippen LogP contribution in [0.4, 0.5) is 0 Å². The summed E-state index contributed by atoms with van der Waals surface area (Å²) in [6, 6.07) is 0. The highest BCUT2D eigenvalue weighted by atomic mass is 35.6. The quantitative estimate of drug-likeness (QED) is 0.166. The lowest BCUT2D eigenvalue weighted by Crippen LogP contribution is -2.17. The first kappa shape index (κ1) is 23.3. The van der Waals surface area contributed by atoms with Gasteiger partial charge < -0.3 is 4.74 Å². The first-order chi connectivity index (χ1) is 11.0. The van der Waals surface area contributed by atoms with Crippen LogP contribution in [0, 0.1) is 0 Å². The van der Waals surface area contributed by atoms with E-state index >= 15 is 0 Å². The molecule has 0 saturated carbocycles. The summed E-state index contributed by atoms with van der Waals surface area (Å²) in [6.07, 6.45) is 17.1. The van der Waals surface area contributed by atoms with Crippen molar-refractivity contribution in [2.75, 3.05) is 6.61 Å². The van der Waals surface area contributed by atoms with Crippen LogP contribution in [0.25, 0.3) is 0 Å². The molecule has 0 N–H and O–H groups in total. The Hall–Kier alpha value is 0.340. The van der Waals surface area contributed by atoms with Crippen molar-refractivity contribution < 1.29 is 9.53 Å². The SMILES string of the molecule is CCCCCCCCCCCCCCCC(=O)OCC(Cl)(Cl)Cl. The second-order valence-corrected chi connectivity index (χ2v) is 8.78. The average molecular weight is 388 g/mol. The molecule has 0 spiro atoms. The van der Waals surface area contributed by atoms with Crippen LogP contribution < -0.4 is 0 Å². The second kappa shape index (κ2) is 15.8. The fraction of sp³-hybridized carbons (Fsp3) is 0.944. The Kier molecular flexibility index (Phi) is 16.1. The molecule has 0 aliphatic heterocycles. The maximum atomic E-state index is 11.4. The number of hydrogen-bond acceptors (Lipinski definition) is 2. The minimum Gasteiger partial charge on any atom is -0.461 e. The molecule has 0 unspecified atom stereocenters. The van der Waals surface area contributed by atoms with Crippen LogP contribution in [0.15, 0.2) is 0 Å². The summed E-state index contributed by atoms with van der Waals surface area (Å²) in [4.78, 5) is 11.4. The molecular weight excluding hydrogens is 355 g/mol. The summed E-state index contributed by atoms with van der Waals surface area (Å²) in [5, 5.41) is 0. The lowest BCUT2D eigenvalue weighted by molar-refractivity contribution is -0.143. The molecule has 0 rings (SSSR count). The van der Waals surface area contributed by atoms with Gasteiger partial charge in [-0.1, -0.05) is 119 Å². The zero-order valence-corrected chi connectivity index (χ0v) is 16.8. The van der Waals surface area contributed by atoms with Gasteiger partial charge in [-0.25, -0.2) is 0 Å². The van der Waals surface area contributed by atoms with E-state index < -0.39 is 3.79 Å². The van der Waals surface area contributed by atoms with Crippen LogP contribution in [0.2, 0.25) is 0 Å². The molecule has 2 nitrogen and oxygen atoms in total. The molecular formula is C18H33Cl3O2. The Morgan fingerprint density at radius 2 is 1.13 bits per heavy atom. The van der Waals surface area contributed by atoms with E-state index in [1.165, 1.54) is 70.6 Å². The Balaban J connectivity index is 3.17. The number of carbonyl (C=O) groups excluding carboxylic acids is 1. The van der Waals surface area contributed by atoms with Crippen molar-refractivity contribution >= 4 is 40.8 Å². The van der Waals surface area contributed by atoms with Crippen molar-refractivity contribution in [3.05, 3.63) is 0 Å². The zero-order chi connectivity index (χ0) is 17.4. The molecule has 0 aromatic rings. The molecule has 0 aromatic heterocycles. The van der Waals surface area contributed by atoms with Crippen molar-refractivity contribution in [3.63, 3.8) is 0 Å². The average Bonchev–Trinajstić information content (AvgIpc) is 2.49. The fourth-order valence-electron chi connectivity index (χ4n) is 2.52. The van der Waals surface area contributed by atoms with Crippen LogP contribution in [0.5, 0.6) is 0 Å². The molecule has 0 saturated heterocycles. The first-order valence-corrected chi connectivity index (χ1v) is 10.3. The van der Waals surface area contributed by atoms with Crippen LogP contribution >= 0.6 is 34.8 Å². The Bertz CT molecular complexity index is 278. The van der Waals surface area contributed by atoms with Gasteiger partial charge in [-0.15, -0.1) is 0 Å². The summed E-state index contributed by atoms with van der Waals surface area (Å²) >= 11 is 16.6. The third-order valence-corrected chi connectivity index (χ3v) is 4.21. The number of unbranched alkanes of at least 4 members (excludes halogenated alkanes) is 12. The topological polar surface area (TPSA) is 26.3 Å². The summed E-state index contributed by atoms with van der Waals surface area (Å²) in [6.45, 7) is 2.09. The highest BCUT2D eigenvalue weighted by Gasteiger charge is 2.21. The Morgan fingerprint density at radius 3 is 1.52 bits per heavy atom. The number of halogens is 3. The zero-order valence-electron chi connectivity index (χ0n) is 14.6. The molecule has 138 valence electrons. The monoisotopic (exact) mass is 386 g/mol. The minimum absolute atomic E-state index is 0.172. The largest absolute Gasteiger partial charge is 0.461 e. The predicted octanol–water partition coefficient (Wildman–Crippen LogP) is 7.38. The molecule has 5 heteroatoms. The Morgan fingerprint density at radius 1 is 0.739 bits per heavy atom. The molecule has 23 heavy (non-hydrogen) atoms. The number of esters is 1. The Labute approximate surface area is 157 Å². The predicted molar refractivity (Wildman–Crippen MR) is 102 cm³/mol. The summed E-state index contributed by atoms with van der Waals surface area (Å²) in [5.41, 5.74) is 0. The van der Waals surface area contributed by atoms with Crippen molar-refractivity contribution in [3.8, 4) is 0 Å². The summed E-state index contributed by atoms with van der Waals surface area (Å²) in [7, 11) is 0. The molecule has 0 atom stereocenters. The molecule has 0 aliphatic carbocycles. The van der Waals surface area contributed by atoms with E-state index in [0.717, 1.165) is 12.8 Å². The van der Waals surface area contributed by atoms with Crippen molar-refractivity contribution in [1.29, 1.82) is 0 Å². The van der Waals surface area contributed by atoms with Crippen LogP contribution in [-0.2, 0) is 9.53 Å². The fourth-order valence-corrected chi connectivity index (χ4v) is 2.69. The van der Waals surface area contributed by atoms with E-state index in [0.29, 0.717) is 6.42 Å². The lowest BCUT2D eigenvalue weighted by atomic mass is 10.0. The van der Waals surface area contributed by atoms with Crippen molar-refractivity contribution in [2.24, 2.45) is 0 Å². The van der Waals surface area contributed by atoms with Gasteiger partial charge in [-0.2, -0.15) is 0 Å². The van der Waals surface area contributed by atoms with Gasteiger partial charge in [-0.05, 0) is 6.42 Å². The number of hydrogen-bond donors (Lipinski definition) is 0. The van der Waals surface area contributed by atoms with Crippen molar-refractivity contribution in [1.82, 2.24) is 0 Å². The molecule has 0 fully saturated rings. The molecule has 0 aliphatic rings. The maximum Gasteiger partial charge on any atom is 0.305 e. The van der Waals surface area contributed by atoms with E-state index in [1.54, 1.807) is 0 Å². The summed E-state index contributed by atoms with van der Waals surface area (Å²) in [5.74, 6) is -0.278. The molecule has 0 aromatic carbocycles. The molecule has 0 bridgehead atoms. The van der Waals surface area contributed by atoms with Crippen LogP contribution in [0.1, 0.15) is 96.8 Å². The highest BCUT2D eigenvalue weighted by molar-refractivity contribution is 6.67.